The predicted octanol–water partition coefficient (Wildman–Crippen LogP) is 12.6. The molecule has 51 heavy (non-hydrogen) atoms. The summed E-state index contributed by atoms with van der Waals surface area (Å²) in [6.45, 7) is 9.47. The maximum Gasteiger partial charge on any atom is 0.141 e. The maximum absolute atomic E-state index is 12.4. The Hall–Kier alpha value is -3.24. The van der Waals surface area contributed by atoms with Crippen molar-refractivity contribution in [2.24, 2.45) is 5.73 Å². The largest absolute Gasteiger partial charge is 0.384 e. The fourth-order valence-corrected chi connectivity index (χ4v) is 6.27. The average molecular weight is 901 g/mol. The Balaban J connectivity index is 0.000000342. The molecule has 0 aromatic heterocycles. The summed E-state index contributed by atoms with van der Waals surface area (Å²) in [6, 6.07) is 22.3. The molecule has 4 rings (SSSR count). The van der Waals surface area contributed by atoms with Crippen molar-refractivity contribution < 1.29 is 4.39 Å². The first kappa shape index (κ1) is 45.8. The summed E-state index contributed by atoms with van der Waals surface area (Å²) < 4.78 is 14.2. The van der Waals surface area contributed by atoms with Crippen LogP contribution in [0.25, 0.3) is 0 Å². The minimum atomic E-state index is -0.499. The lowest BCUT2D eigenvalue weighted by Gasteiger charge is -2.11. The first-order valence-corrected chi connectivity index (χ1v) is 18.8. The van der Waals surface area contributed by atoms with Crippen LogP contribution in [0.3, 0.4) is 0 Å². The third kappa shape index (κ3) is 16.8. The van der Waals surface area contributed by atoms with E-state index < -0.39 is 5.82 Å². The summed E-state index contributed by atoms with van der Waals surface area (Å²) in [5.74, 6) is -0.499. The molecule has 0 radical (unpaired) electrons. The van der Waals surface area contributed by atoms with Gasteiger partial charge >= 0.3 is 0 Å². The molecule has 0 amide bonds. The Kier molecular flexibility index (Phi) is 23.0. The monoisotopic (exact) mass is 897 g/mol. The highest BCUT2D eigenvalue weighted by atomic mass is 79.9. The second-order valence-electron chi connectivity index (χ2n) is 10.4. The Bertz CT molecular complexity index is 1790. The van der Waals surface area contributed by atoms with Crippen molar-refractivity contribution in [3.8, 4) is 18.2 Å². The van der Waals surface area contributed by atoms with E-state index in [1.807, 2.05) is 36.4 Å². The lowest BCUT2D eigenvalue weighted by molar-refractivity contribution is 0.628. The number of hydrogen-bond acceptors (Lipinski definition) is 7. The van der Waals surface area contributed by atoms with Crippen molar-refractivity contribution >= 4 is 95.3 Å². The molecule has 0 saturated heterocycles. The lowest BCUT2D eigenvalue weighted by atomic mass is 10.2. The van der Waals surface area contributed by atoms with Gasteiger partial charge in [-0.1, -0.05) is 67.2 Å². The van der Waals surface area contributed by atoms with Gasteiger partial charge in [0.15, 0.2) is 0 Å². The van der Waals surface area contributed by atoms with Crippen molar-refractivity contribution in [3.63, 3.8) is 0 Å². The predicted molar refractivity (Wildman–Crippen MR) is 220 cm³/mol. The third-order valence-electron chi connectivity index (χ3n) is 6.32. The van der Waals surface area contributed by atoms with Crippen LogP contribution in [-0.2, 0) is 6.54 Å². The van der Waals surface area contributed by atoms with E-state index in [1.165, 1.54) is 18.2 Å². The van der Waals surface area contributed by atoms with E-state index in [0.29, 0.717) is 38.3 Å². The molecule has 0 aliphatic heterocycles. The molecule has 0 aliphatic rings. The van der Waals surface area contributed by atoms with Gasteiger partial charge in [0, 0.05) is 35.1 Å². The van der Waals surface area contributed by atoms with Crippen molar-refractivity contribution in [2.75, 3.05) is 35.6 Å². The third-order valence-corrected chi connectivity index (χ3v) is 8.77. The number of nitriles is 3. The number of nitrogens with zero attached hydrogens (tertiary/aromatic N) is 3. The normalized spacial score (nSPS) is 9.57. The van der Waals surface area contributed by atoms with E-state index in [2.05, 4.69) is 68.6 Å². The van der Waals surface area contributed by atoms with Crippen LogP contribution in [0.4, 0.5) is 21.5 Å². The van der Waals surface area contributed by atoms with E-state index in [-0.39, 0.29) is 5.02 Å². The van der Waals surface area contributed by atoms with Crippen LogP contribution in [0.15, 0.2) is 69.6 Å². The number of benzene rings is 4. The molecule has 270 valence electrons. The Morgan fingerprint density at radius 1 is 0.608 bits per heavy atom. The Morgan fingerprint density at radius 2 is 1.06 bits per heavy atom. The number of anilines is 3. The van der Waals surface area contributed by atoms with Crippen LogP contribution < -0.4 is 21.7 Å². The van der Waals surface area contributed by atoms with Crippen LogP contribution >= 0.6 is 78.3 Å². The Morgan fingerprint density at radius 3 is 1.49 bits per heavy atom. The van der Waals surface area contributed by atoms with Crippen LogP contribution in [0, 0.1) is 39.8 Å². The zero-order valence-electron chi connectivity index (χ0n) is 28.3. The van der Waals surface area contributed by atoms with Gasteiger partial charge in [-0.25, -0.2) is 4.39 Å². The summed E-state index contributed by atoms with van der Waals surface area (Å²) >= 11 is 30.2. The molecule has 4 aromatic rings. The Labute approximate surface area is 337 Å². The molecule has 0 unspecified atom stereocenters. The van der Waals surface area contributed by atoms with Crippen LogP contribution in [0.2, 0.25) is 20.1 Å². The number of hydrogen-bond donors (Lipinski definition) is 4. The van der Waals surface area contributed by atoms with Crippen LogP contribution in [0.5, 0.6) is 0 Å². The molecule has 7 nitrogen and oxygen atoms in total. The number of rotatable bonds is 10. The molecule has 0 aliphatic carbocycles. The standard InChI is InChI=1S/C10H14BrClN2.C10H10BrClN2.C10H11ClN2.C7H3ClFN/c2*1-2-3-14-10-8(11)4-7(6-13)5-9(10)12;1-2-5-13-10-4-3-8(7-12)6-9(10)11;8-6-3-5(4-10)1-2-7(6)9/h4-5,14H,2-3,6,13H2,1H3;4-5,14H,2-3H2,1H3;3-4,6,13H,2,5H2,1H3;1-3H. The quantitative estimate of drug-likeness (QED) is 0.125. The van der Waals surface area contributed by atoms with Gasteiger partial charge in [0.2, 0.25) is 0 Å². The van der Waals surface area contributed by atoms with Crippen LogP contribution in [0.1, 0.15) is 62.3 Å². The maximum atomic E-state index is 12.4. The molecule has 0 bridgehead atoms. The lowest BCUT2D eigenvalue weighted by Crippen LogP contribution is -2.03. The summed E-state index contributed by atoms with van der Waals surface area (Å²) in [6.07, 6.45) is 3.15. The topological polar surface area (TPSA) is 133 Å². The summed E-state index contributed by atoms with van der Waals surface area (Å²) in [5.41, 5.74) is 10.8. The molecule has 14 heteroatoms. The van der Waals surface area contributed by atoms with Crippen molar-refractivity contribution in [3.05, 3.63) is 118 Å². The molecular formula is C37H38Br2Cl4FN7. The van der Waals surface area contributed by atoms with Gasteiger partial charge < -0.3 is 21.7 Å². The number of nitrogens with two attached hydrogens (primary N) is 1. The molecule has 5 N–H and O–H groups in total. The average Bonchev–Trinajstić information content (AvgIpc) is 3.12. The molecule has 0 saturated carbocycles. The highest BCUT2D eigenvalue weighted by Crippen LogP contribution is 2.33. The van der Waals surface area contributed by atoms with Crippen molar-refractivity contribution in [1.82, 2.24) is 0 Å². The van der Waals surface area contributed by atoms with E-state index in [9.17, 15) is 4.39 Å². The first-order valence-electron chi connectivity index (χ1n) is 15.7. The fourth-order valence-electron chi connectivity index (χ4n) is 3.77. The second-order valence-corrected chi connectivity index (χ2v) is 13.7. The first-order chi connectivity index (χ1) is 24.4. The van der Waals surface area contributed by atoms with Crippen LogP contribution in [-0.4, -0.2) is 19.6 Å². The SMILES string of the molecule is CCCNc1c(Cl)cc(C#N)cc1Br.CCCNc1c(Cl)cc(CN)cc1Br.CCCNc1ccc(C#N)cc1Cl.N#Cc1ccc(F)c(Cl)c1. The van der Waals surface area contributed by atoms with Gasteiger partial charge in [-0.3, -0.25) is 0 Å². The summed E-state index contributed by atoms with van der Waals surface area (Å²) in [5, 5.41) is 37.1. The van der Waals surface area contributed by atoms with Gasteiger partial charge in [0.05, 0.1) is 72.1 Å². The zero-order valence-corrected chi connectivity index (χ0v) is 34.5. The zero-order chi connectivity index (χ0) is 38.3. The minimum Gasteiger partial charge on any atom is -0.384 e. The van der Waals surface area contributed by atoms with E-state index in [1.54, 1.807) is 24.3 Å². The van der Waals surface area contributed by atoms with E-state index in [4.69, 9.17) is 67.9 Å². The number of nitrogens with one attached hydrogen (secondary N) is 3. The molecule has 0 spiro atoms. The van der Waals surface area contributed by atoms with Crippen molar-refractivity contribution in [1.29, 1.82) is 15.8 Å². The second kappa shape index (κ2) is 25.7. The molecule has 4 aromatic carbocycles. The van der Waals surface area contributed by atoms with Gasteiger partial charge in [-0.2, -0.15) is 15.8 Å². The molecular weight excluding hydrogens is 863 g/mol. The summed E-state index contributed by atoms with van der Waals surface area (Å²) in [4.78, 5) is 0. The highest BCUT2D eigenvalue weighted by Gasteiger charge is 2.08. The molecule has 0 heterocycles. The highest BCUT2D eigenvalue weighted by molar-refractivity contribution is 9.11. The molecule has 0 fully saturated rings. The smallest absolute Gasteiger partial charge is 0.141 e. The van der Waals surface area contributed by atoms with Gasteiger partial charge in [-0.15, -0.1) is 0 Å². The fraction of sp³-hybridized carbons (Fsp3) is 0.270. The number of halogens is 7. The molecule has 0 atom stereocenters. The minimum absolute atomic E-state index is 0.0148. The van der Waals surface area contributed by atoms with Gasteiger partial charge in [0.25, 0.3) is 0 Å². The van der Waals surface area contributed by atoms with Gasteiger partial charge in [-0.05, 0) is 117 Å². The van der Waals surface area contributed by atoms with Crippen molar-refractivity contribution in [2.45, 2.75) is 46.6 Å². The summed E-state index contributed by atoms with van der Waals surface area (Å²) in [7, 11) is 0. The van der Waals surface area contributed by atoms with E-state index >= 15 is 0 Å². The van der Waals surface area contributed by atoms with E-state index in [0.717, 1.165) is 70.5 Å². The van der Waals surface area contributed by atoms with Gasteiger partial charge in [0.1, 0.15) is 5.82 Å².